The zero-order chi connectivity index (χ0) is 11.4. The van der Waals surface area contributed by atoms with Crippen LogP contribution in [-0.4, -0.2) is 11.6 Å². The minimum atomic E-state index is -0.174. The Morgan fingerprint density at radius 1 is 1.21 bits per heavy atom. The third kappa shape index (κ3) is 5.15. The maximum absolute atomic E-state index is 11.7. The van der Waals surface area contributed by atoms with Crippen molar-refractivity contribution in [1.82, 2.24) is 0 Å². The lowest BCUT2D eigenvalue weighted by molar-refractivity contribution is -0.125. The zero-order valence-electron chi connectivity index (χ0n) is 10.0. The third-order valence-electron chi connectivity index (χ3n) is 2.54. The molecule has 0 aromatic rings. The first-order valence-corrected chi connectivity index (χ1v) is 5.30. The Labute approximate surface area is 87.1 Å². The molecule has 1 unspecified atom stereocenters. The van der Waals surface area contributed by atoms with Gasteiger partial charge < -0.3 is 4.79 Å². The van der Waals surface area contributed by atoms with E-state index in [-0.39, 0.29) is 22.9 Å². The van der Waals surface area contributed by atoms with Crippen molar-refractivity contribution >= 4 is 11.6 Å². The van der Waals surface area contributed by atoms with Gasteiger partial charge in [-0.05, 0) is 18.8 Å². The smallest absolute Gasteiger partial charge is 0.136 e. The largest absolute Gasteiger partial charge is 0.300 e. The Morgan fingerprint density at radius 3 is 2.07 bits per heavy atom. The summed E-state index contributed by atoms with van der Waals surface area (Å²) in [4.78, 5) is 22.6. The summed E-state index contributed by atoms with van der Waals surface area (Å²) in [6.45, 7) is 9.51. The third-order valence-corrected chi connectivity index (χ3v) is 2.54. The Morgan fingerprint density at radius 2 is 1.71 bits per heavy atom. The molecule has 0 aliphatic carbocycles. The number of ketones is 2. The molecule has 0 amide bonds. The summed E-state index contributed by atoms with van der Waals surface area (Å²) >= 11 is 0. The minimum Gasteiger partial charge on any atom is -0.300 e. The first kappa shape index (κ1) is 13.3. The highest BCUT2D eigenvalue weighted by Gasteiger charge is 2.25. The monoisotopic (exact) mass is 198 g/mol. The second-order valence-electron chi connectivity index (χ2n) is 5.00. The van der Waals surface area contributed by atoms with E-state index in [0.717, 1.165) is 6.42 Å². The SMILES string of the molecule is CCC(C)C(=O)CC(C)(C)CC(C)=O. The number of hydrogen-bond donors (Lipinski definition) is 0. The Balaban J connectivity index is 4.21. The van der Waals surface area contributed by atoms with Gasteiger partial charge in [-0.2, -0.15) is 0 Å². The van der Waals surface area contributed by atoms with Gasteiger partial charge in [0.15, 0.2) is 0 Å². The molecule has 2 nitrogen and oxygen atoms in total. The van der Waals surface area contributed by atoms with Gasteiger partial charge in [-0.1, -0.05) is 27.7 Å². The lowest BCUT2D eigenvalue weighted by Gasteiger charge is -2.23. The van der Waals surface area contributed by atoms with E-state index in [0.29, 0.717) is 12.8 Å². The van der Waals surface area contributed by atoms with Crippen molar-refractivity contribution in [1.29, 1.82) is 0 Å². The van der Waals surface area contributed by atoms with Crippen molar-refractivity contribution in [3.63, 3.8) is 0 Å². The summed E-state index contributed by atoms with van der Waals surface area (Å²) in [5, 5.41) is 0. The fourth-order valence-corrected chi connectivity index (χ4v) is 1.61. The van der Waals surface area contributed by atoms with Crippen molar-refractivity contribution in [3.05, 3.63) is 0 Å². The van der Waals surface area contributed by atoms with Gasteiger partial charge in [0.2, 0.25) is 0 Å². The Kier molecular flexibility index (Phi) is 5.03. The van der Waals surface area contributed by atoms with E-state index in [2.05, 4.69) is 0 Å². The van der Waals surface area contributed by atoms with Crippen LogP contribution in [0.25, 0.3) is 0 Å². The molecule has 0 saturated carbocycles. The molecule has 0 heterocycles. The van der Waals surface area contributed by atoms with Crippen LogP contribution in [-0.2, 0) is 9.59 Å². The summed E-state index contributed by atoms with van der Waals surface area (Å²) in [6.07, 6.45) is 1.89. The second kappa shape index (κ2) is 5.28. The molecule has 82 valence electrons. The lowest BCUT2D eigenvalue weighted by atomic mass is 9.80. The van der Waals surface area contributed by atoms with Crippen LogP contribution in [0.3, 0.4) is 0 Å². The van der Waals surface area contributed by atoms with Crippen LogP contribution in [0.2, 0.25) is 0 Å². The highest BCUT2D eigenvalue weighted by atomic mass is 16.1. The normalized spacial score (nSPS) is 13.8. The molecule has 0 aromatic carbocycles. The van der Waals surface area contributed by atoms with Crippen LogP contribution >= 0.6 is 0 Å². The number of hydrogen-bond acceptors (Lipinski definition) is 2. The maximum atomic E-state index is 11.7. The average molecular weight is 198 g/mol. The molecule has 2 heteroatoms. The van der Waals surface area contributed by atoms with Crippen LogP contribution in [0.15, 0.2) is 0 Å². The predicted molar refractivity (Wildman–Crippen MR) is 58.2 cm³/mol. The maximum Gasteiger partial charge on any atom is 0.136 e. The predicted octanol–water partition coefficient (Wildman–Crippen LogP) is 3.00. The van der Waals surface area contributed by atoms with Gasteiger partial charge in [0.05, 0.1) is 0 Å². The van der Waals surface area contributed by atoms with Crippen LogP contribution in [0.1, 0.15) is 53.9 Å². The van der Waals surface area contributed by atoms with E-state index in [9.17, 15) is 9.59 Å². The molecule has 0 aliphatic heterocycles. The van der Waals surface area contributed by atoms with E-state index in [1.54, 1.807) is 6.92 Å². The van der Waals surface area contributed by atoms with Crippen LogP contribution in [0.5, 0.6) is 0 Å². The van der Waals surface area contributed by atoms with E-state index in [1.165, 1.54) is 0 Å². The quantitative estimate of drug-likeness (QED) is 0.657. The van der Waals surface area contributed by atoms with Crippen LogP contribution in [0.4, 0.5) is 0 Å². The van der Waals surface area contributed by atoms with Crippen molar-refractivity contribution in [2.45, 2.75) is 53.9 Å². The molecule has 14 heavy (non-hydrogen) atoms. The standard InChI is InChI=1S/C12H22O2/c1-6-9(2)11(14)8-12(4,5)7-10(3)13/h9H,6-8H2,1-5H3. The molecule has 0 fully saturated rings. The molecule has 1 atom stereocenters. The van der Waals surface area contributed by atoms with E-state index < -0.39 is 0 Å². The van der Waals surface area contributed by atoms with E-state index >= 15 is 0 Å². The van der Waals surface area contributed by atoms with Crippen molar-refractivity contribution < 1.29 is 9.59 Å². The molecular weight excluding hydrogens is 176 g/mol. The minimum absolute atomic E-state index is 0.126. The van der Waals surface area contributed by atoms with Gasteiger partial charge >= 0.3 is 0 Å². The Hall–Kier alpha value is -0.660. The van der Waals surface area contributed by atoms with Crippen molar-refractivity contribution in [3.8, 4) is 0 Å². The number of rotatable bonds is 6. The van der Waals surface area contributed by atoms with Gasteiger partial charge in [0.25, 0.3) is 0 Å². The molecule has 0 saturated heterocycles. The lowest BCUT2D eigenvalue weighted by Crippen LogP contribution is -2.23. The molecule has 0 aromatic heterocycles. The topological polar surface area (TPSA) is 34.1 Å². The van der Waals surface area contributed by atoms with Gasteiger partial charge in [0, 0.05) is 18.8 Å². The molecule has 0 rings (SSSR count). The van der Waals surface area contributed by atoms with Crippen molar-refractivity contribution in [2.24, 2.45) is 11.3 Å². The van der Waals surface area contributed by atoms with Crippen LogP contribution in [0, 0.1) is 11.3 Å². The summed E-state index contributed by atoms with van der Waals surface area (Å²) in [6, 6.07) is 0. The molecular formula is C12H22O2. The molecule has 0 N–H and O–H groups in total. The van der Waals surface area contributed by atoms with Crippen LogP contribution < -0.4 is 0 Å². The number of carbonyl (C=O) groups excluding carboxylic acids is 2. The van der Waals surface area contributed by atoms with E-state index in [4.69, 9.17) is 0 Å². The molecule has 0 spiro atoms. The number of Topliss-reactive ketones (excluding diaryl/α,β-unsaturated/α-hetero) is 2. The highest BCUT2D eigenvalue weighted by Crippen LogP contribution is 2.27. The zero-order valence-corrected chi connectivity index (χ0v) is 10.0. The van der Waals surface area contributed by atoms with Gasteiger partial charge in [-0.25, -0.2) is 0 Å². The Bertz CT molecular complexity index is 216. The molecule has 0 bridgehead atoms. The first-order valence-electron chi connectivity index (χ1n) is 5.30. The fourth-order valence-electron chi connectivity index (χ4n) is 1.61. The molecule has 0 aliphatic rings. The summed E-state index contributed by atoms with van der Waals surface area (Å²) in [5.74, 6) is 0.562. The van der Waals surface area contributed by atoms with E-state index in [1.807, 2.05) is 27.7 Å². The van der Waals surface area contributed by atoms with Gasteiger partial charge in [-0.15, -0.1) is 0 Å². The summed E-state index contributed by atoms with van der Waals surface area (Å²) in [5.41, 5.74) is -0.174. The van der Waals surface area contributed by atoms with Crippen molar-refractivity contribution in [2.75, 3.05) is 0 Å². The summed E-state index contributed by atoms with van der Waals surface area (Å²) in [7, 11) is 0. The average Bonchev–Trinajstić information content (AvgIpc) is 1.99. The number of carbonyl (C=O) groups is 2. The second-order valence-corrected chi connectivity index (χ2v) is 5.00. The summed E-state index contributed by atoms with van der Waals surface area (Å²) < 4.78 is 0. The fraction of sp³-hybridized carbons (Fsp3) is 0.833. The van der Waals surface area contributed by atoms with Gasteiger partial charge in [0.1, 0.15) is 11.6 Å². The molecule has 0 radical (unpaired) electrons. The first-order chi connectivity index (χ1) is 6.28. The highest BCUT2D eigenvalue weighted by molar-refractivity contribution is 5.82. The van der Waals surface area contributed by atoms with Gasteiger partial charge in [-0.3, -0.25) is 4.79 Å².